The maximum atomic E-state index is 11.5. The summed E-state index contributed by atoms with van der Waals surface area (Å²) >= 11 is 0. The van der Waals surface area contributed by atoms with Gasteiger partial charge < -0.3 is 15.2 Å². The van der Waals surface area contributed by atoms with Gasteiger partial charge in [-0.05, 0) is 12.5 Å². The maximum absolute atomic E-state index is 11.5. The topological polar surface area (TPSA) is 58.6 Å². The summed E-state index contributed by atoms with van der Waals surface area (Å²) in [5.74, 6) is 0.389. The van der Waals surface area contributed by atoms with E-state index in [1.165, 1.54) is 0 Å². The number of amides is 1. The lowest BCUT2D eigenvalue weighted by Gasteiger charge is -2.14. The Labute approximate surface area is 94.2 Å². The molecule has 1 aliphatic heterocycles. The van der Waals surface area contributed by atoms with E-state index in [-0.39, 0.29) is 24.5 Å². The van der Waals surface area contributed by atoms with E-state index in [0.717, 1.165) is 11.3 Å². The number of aliphatic hydroxyl groups excluding tert-OH is 1. The molecule has 86 valence electrons. The first kappa shape index (κ1) is 11.0. The Morgan fingerprint density at radius 3 is 2.88 bits per heavy atom. The van der Waals surface area contributed by atoms with E-state index >= 15 is 0 Å². The van der Waals surface area contributed by atoms with Gasteiger partial charge in [0.05, 0.1) is 25.7 Å². The van der Waals surface area contributed by atoms with Crippen LogP contribution in [0.5, 0.6) is 5.75 Å². The van der Waals surface area contributed by atoms with Gasteiger partial charge >= 0.3 is 0 Å². The second kappa shape index (κ2) is 4.53. The fourth-order valence-corrected chi connectivity index (χ4v) is 2.06. The van der Waals surface area contributed by atoms with E-state index in [4.69, 9.17) is 9.84 Å². The molecule has 0 aromatic heterocycles. The van der Waals surface area contributed by atoms with Crippen molar-refractivity contribution in [3.8, 4) is 5.75 Å². The summed E-state index contributed by atoms with van der Waals surface area (Å²) in [6.45, 7) is -0.0997. The summed E-state index contributed by atoms with van der Waals surface area (Å²) in [6.07, 6.45) is 0.621. The standard InChI is InChI=1S/C12H15NO3/c1-16-11-5-3-2-4-9(11)10-6-8(7-14)12(15)13-10/h2-5,8,10,14H,6-7H2,1H3,(H,13,15)/t8-,10-/m1/s1. The number of carbonyl (C=O) groups excluding carboxylic acids is 1. The summed E-state index contributed by atoms with van der Waals surface area (Å²) in [4.78, 5) is 11.5. The first-order valence-corrected chi connectivity index (χ1v) is 5.30. The predicted molar refractivity (Wildman–Crippen MR) is 59.1 cm³/mol. The predicted octanol–water partition coefficient (Wildman–Crippen LogP) is 0.865. The third-order valence-electron chi connectivity index (χ3n) is 2.94. The second-order valence-corrected chi connectivity index (χ2v) is 3.92. The third-order valence-corrected chi connectivity index (χ3v) is 2.94. The second-order valence-electron chi connectivity index (χ2n) is 3.92. The van der Waals surface area contributed by atoms with Crippen molar-refractivity contribution in [3.63, 3.8) is 0 Å². The lowest BCUT2D eigenvalue weighted by molar-refractivity contribution is -0.123. The van der Waals surface area contributed by atoms with Crippen molar-refractivity contribution in [2.45, 2.75) is 12.5 Å². The minimum Gasteiger partial charge on any atom is -0.496 e. The van der Waals surface area contributed by atoms with Gasteiger partial charge in [-0.25, -0.2) is 0 Å². The van der Waals surface area contributed by atoms with Crippen LogP contribution >= 0.6 is 0 Å². The Bertz CT molecular complexity index is 392. The van der Waals surface area contributed by atoms with Gasteiger partial charge in [-0.2, -0.15) is 0 Å². The molecule has 2 N–H and O–H groups in total. The van der Waals surface area contributed by atoms with Crippen molar-refractivity contribution in [3.05, 3.63) is 29.8 Å². The number of nitrogens with one attached hydrogen (secondary N) is 1. The Morgan fingerprint density at radius 1 is 1.50 bits per heavy atom. The molecule has 0 radical (unpaired) electrons. The van der Waals surface area contributed by atoms with E-state index < -0.39 is 0 Å². The molecule has 1 aromatic rings. The van der Waals surface area contributed by atoms with Crippen LogP contribution in [0.3, 0.4) is 0 Å². The molecular weight excluding hydrogens is 206 g/mol. The molecule has 4 heteroatoms. The number of ether oxygens (including phenoxy) is 1. The molecule has 0 unspecified atom stereocenters. The van der Waals surface area contributed by atoms with Gasteiger partial charge in [0.1, 0.15) is 5.75 Å². The highest BCUT2D eigenvalue weighted by molar-refractivity contribution is 5.81. The molecule has 1 heterocycles. The molecule has 0 aliphatic carbocycles. The fourth-order valence-electron chi connectivity index (χ4n) is 2.06. The molecule has 0 bridgehead atoms. The van der Waals surface area contributed by atoms with Crippen LogP contribution in [0, 0.1) is 5.92 Å². The number of rotatable bonds is 3. The summed E-state index contributed by atoms with van der Waals surface area (Å²) in [6, 6.07) is 7.55. The fraction of sp³-hybridized carbons (Fsp3) is 0.417. The highest BCUT2D eigenvalue weighted by Gasteiger charge is 2.33. The molecule has 1 aliphatic rings. The average Bonchev–Trinajstić information content (AvgIpc) is 2.70. The highest BCUT2D eigenvalue weighted by Crippen LogP contribution is 2.33. The summed E-state index contributed by atoms with van der Waals surface area (Å²) in [5, 5.41) is 11.9. The number of methoxy groups -OCH3 is 1. The van der Waals surface area contributed by atoms with Gasteiger partial charge in [0.25, 0.3) is 0 Å². The number of hydrogen-bond acceptors (Lipinski definition) is 3. The minimum absolute atomic E-state index is 0.0548. The van der Waals surface area contributed by atoms with Crippen LogP contribution in [0.25, 0.3) is 0 Å². The van der Waals surface area contributed by atoms with E-state index in [1.807, 2.05) is 24.3 Å². The van der Waals surface area contributed by atoms with E-state index in [1.54, 1.807) is 7.11 Å². The molecule has 1 aromatic carbocycles. The Hall–Kier alpha value is -1.55. The zero-order chi connectivity index (χ0) is 11.5. The van der Waals surface area contributed by atoms with Gasteiger partial charge in [0, 0.05) is 5.56 Å². The van der Waals surface area contributed by atoms with Crippen LogP contribution in [-0.2, 0) is 4.79 Å². The lowest BCUT2D eigenvalue weighted by Crippen LogP contribution is -2.22. The molecular formula is C12H15NO3. The Kier molecular flexibility index (Phi) is 3.10. The monoisotopic (exact) mass is 221 g/mol. The quantitative estimate of drug-likeness (QED) is 0.796. The van der Waals surface area contributed by atoms with Gasteiger partial charge in [-0.15, -0.1) is 0 Å². The first-order valence-electron chi connectivity index (χ1n) is 5.30. The van der Waals surface area contributed by atoms with Crippen LogP contribution < -0.4 is 10.1 Å². The molecule has 1 fully saturated rings. The molecule has 0 spiro atoms. The van der Waals surface area contributed by atoms with Crippen molar-refractivity contribution in [1.82, 2.24) is 5.32 Å². The Morgan fingerprint density at radius 2 is 2.25 bits per heavy atom. The largest absolute Gasteiger partial charge is 0.496 e. The van der Waals surface area contributed by atoms with Crippen molar-refractivity contribution in [2.75, 3.05) is 13.7 Å². The van der Waals surface area contributed by atoms with Gasteiger partial charge in [0.15, 0.2) is 0 Å². The third kappa shape index (κ3) is 1.88. The maximum Gasteiger partial charge on any atom is 0.226 e. The summed E-state index contributed by atoms with van der Waals surface area (Å²) in [7, 11) is 1.61. The average molecular weight is 221 g/mol. The smallest absolute Gasteiger partial charge is 0.226 e. The molecule has 2 atom stereocenters. The zero-order valence-electron chi connectivity index (χ0n) is 9.14. The van der Waals surface area contributed by atoms with Gasteiger partial charge in [0.2, 0.25) is 5.91 Å². The lowest BCUT2D eigenvalue weighted by atomic mass is 10.00. The number of para-hydroxylation sites is 1. The normalized spacial score (nSPS) is 24.2. The molecule has 0 saturated carbocycles. The number of benzene rings is 1. The summed E-state index contributed by atoms with van der Waals surface area (Å²) < 4.78 is 5.25. The molecule has 4 nitrogen and oxygen atoms in total. The zero-order valence-corrected chi connectivity index (χ0v) is 9.14. The van der Waals surface area contributed by atoms with Crippen LogP contribution in [0.4, 0.5) is 0 Å². The van der Waals surface area contributed by atoms with Crippen LogP contribution in [0.2, 0.25) is 0 Å². The summed E-state index contributed by atoms with van der Waals surface area (Å²) in [5.41, 5.74) is 0.967. The van der Waals surface area contributed by atoms with Crippen molar-refractivity contribution in [2.24, 2.45) is 5.92 Å². The SMILES string of the molecule is COc1ccccc1[C@H]1C[C@H](CO)C(=O)N1. The minimum atomic E-state index is -0.296. The molecule has 2 rings (SSSR count). The molecule has 1 saturated heterocycles. The highest BCUT2D eigenvalue weighted by atomic mass is 16.5. The van der Waals surface area contributed by atoms with E-state index in [9.17, 15) is 4.79 Å². The van der Waals surface area contributed by atoms with Crippen LogP contribution in [0.15, 0.2) is 24.3 Å². The van der Waals surface area contributed by atoms with E-state index in [0.29, 0.717) is 6.42 Å². The van der Waals surface area contributed by atoms with Gasteiger partial charge in [-0.1, -0.05) is 18.2 Å². The number of carbonyl (C=O) groups is 1. The number of aliphatic hydroxyl groups is 1. The number of hydrogen-bond donors (Lipinski definition) is 2. The van der Waals surface area contributed by atoms with Crippen molar-refractivity contribution in [1.29, 1.82) is 0 Å². The first-order chi connectivity index (χ1) is 7.76. The van der Waals surface area contributed by atoms with Crippen molar-refractivity contribution < 1.29 is 14.6 Å². The molecule has 16 heavy (non-hydrogen) atoms. The Balaban J connectivity index is 2.23. The molecule has 1 amide bonds. The van der Waals surface area contributed by atoms with Crippen LogP contribution in [0.1, 0.15) is 18.0 Å². The van der Waals surface area contributed by atoms with Crippen LogP contribution in [-0.4, -0.2) is 24.7 Å². The van der Waals surface area contributed by atoms with Crippen molar-refractivity contribution >= 4 is 5.91 Å². The van der Waals surface area contributed by atoms with Gasteiger partial charge in [-0.3, -0.25) is 4.79 Å². The van der Waals surface area contributed by atoms with E-state index in [2.05, 4.69) is 5.32 Å².